The Morgan fingerprint density at radius 2 is 1.72 bits per heavy atom. The van der Waals surface area contributed by atoms with Crippen molar-refractivity contribution in [3.8, 4) is 5.75 Å². The summed E-state index contributed by atoms with van der Waals surface area (Å²) in [5.74, 6) is -0.230. The standard InChI is InChI=1S/C13H13NO2.C2H6/c1-8-7-11(13(16)14-2)12(15)10-6-4-3-5-9(8)10;1-2/h3-7,15H,1-2H3,(H,14,16);1-2H3. The number of phenols is 1. The molecule has 0 aliphatic carbocycles. The number of nitrogens with one attached hydrogen (secondary N) is 1. The van der Waals surface area contributed by atoms with Crippen molar-refractivity contribution in [1.82, 2.24) is 5.32 Å². The van der Waals surface area contributed by atoms with Gasteiger partial charge in [-0.15, -0.1) is 0 Å². The lowest BCUT2D eigenvalue weighted by molar-refractivity contribution is 0.0960. The molecular weight excluding hydrogens is 226 g/mol. The maximum absolute atomic E-state index is 11.6. The van der Waals surface area contributed by atoms with E-state index in [0.29, 0.717) is 10.9 Å². The molecule has 0 heterocycles. The number of aromatic hydroxyl groups is 1. The molecule has 2 aromatic rings. The van der Waals surface area contributed by atoms with E-state index in [1.165, 1.54) is 0 Å². The van der Waals surface area contributed by atoms with E-state index in [1.807, 2.05) is 45.0 Å². The fourth-order valence-corrected chi connectivity index (χ4v) is 1.85. The predicted molar refractivity (Wildman–Crippen MR) is 75.1 cm³/mol. The highest BCUT2D eigenvalue weighted by Gasteiger charge is 2.13. The molecule has 3 nitrogen and oxygen atoms in total. The summed E-state index contributed by atoms with van der Waals surface area (Å²) in [7, 11) is 1.55. The Bertz CT molecular complexity index is 562. The monoisotopic (exact) mass is 245 g/mol. The molecule has 96 valence electrons. The van der Waals surface area contributed by atoms with Gasteiger partial charge in [0.2, 0.25) is 0 Å². The van der Waals surface area contributed by atoms with Crippen LogP contribution in [0.1, 0.15) is 29.8 Å². The molecule has 0 aliphatic heterocycles. The molecule has 3 heteroatoms. The van der Waals surface area contributed by atoms with Crippen LogP contribution < -0.4 is 5.32 Å². The Balaban J connectivity index is 0.000000771. The van der Waals surface area contributed by atoms with Gasteiger partial charge in [0.1, 0.15) is 5.75 Å². The van der Waals surface area contributed by atoms with E-state index in [1.54, 1.807) is 13.1 Å². The number of rotatable bonds is 1. The summed E-state index contributed by atoms with van der Waals surface area (Å²) in [6.45, 7) is 5.92. The van der Waals surface area contributed by atoms with E-state index >= 15 is 0 Å². The molecule has 0 saturated carbocycles. The van der Waals surface area contributed by atoms with Crippen molar-refractivity contribution in [2.45, 2.75) is 20.8 Å². The lowest BCUT2D eigenvalue weighted by atomic mass is 10.00. The highest BCUT2D eigenvalue weighted by molar-refractivity contribution is 6.04. The number of hydrogen-bond donors (Lipinski definition) is 2. The first-order chi connectivity index (χ1) is 8.65. The number of carbonyl (C=O) groups is 1. The molecule has 0 spiro atoms. The molecule has 0 aromatic heterocycles. The van der Waals surface area contributed by atoms with Crippen molar-refractivity contribution in [3.63, 3.8) is 0 Å². The minimum atomic E-state index is -0.272. The average molecular weight is 245 g/mol. The van der Waals surface area contributed by atoms with E-state index in [0.717, 1.165) is 10.9 Å². The molecule has 18 heavy (non-hydrogen) atoms. The van der Waals surface area contributed by atoms with Crippen LogP contribution in [-0.4, -0.2) is 18.1 Å². The number of benzene rings is 2. The molecule has 0 atom stereocenters. The Morgan fingerprint density at radius 1 is 1.17 bits per heavy atom. The number of phenolic OH excluding ortho intramolecular Hbond substituents is 1. The second kappa shape index (κ2) is 6.05. The Morgan fingerprint density at radius 3 is 2.28 bits per heavy atom. The normalized spacial score (nSPS) is 9.56. The molecule has 0 bridgehead atoms. The second-order valence-corrected chi connectivity index (χ2v) is 3.71. The molecule has 0 radical (unpaired) electrons. The first-order valence-electron chi connectivity index (χ1n) is 6.08. The van der Waals surface area contributed by atoms with E-state index in [4.69, 9.17) is 0 Å². The molecule has 0 fully saturated rings. The maximum Gasteiger partial charge on any atom is 0.254 e. The van der Waals surface area contributed by atoms with Crippen LogP contribution >= 0.6 is 0 Å². The topological polar surface area (TPSA) is 49.3 Å². The summed E-state index contributed by atoms with van der Waals surface area (Å²) in [6.07, 6.45) is 0. The molecule has 0 aliphatic rings. The van der Waals surface area contributed by atoms with Crippen molar-refractivity contribution >= 4 is 16.7 Å². The fourth-order valence-electron chi connectivity index (χ4n) is 1.85. The summed E-state index contributed by atoms with van der Waals surface area (Å²) >= 11 is 0. The number of aryl methyl sites for hydroxylation is 1. The minimum absolute atomic E-state index is 0.0422. The molecule has 2 N–H and O–H groups in total. The van der Waals surface area contributed by atoms with Crippen LogP contribution in [0.4, 0.5) is 0 Å². The van der Waals surface area contributed by atoms with E-state index in [-0.39, 0.29) is 11.7 Å². The molecule has 2 rings (SSSR count). The zero-order valence-corrected chi connectivity index (χ0v) is 11.2. The van der Waals surface area contributed by atoms with Gasteiger partial charge in [-0.1, -0.05) is 38.1 Å². The maximum atomic E-state index is 11.6. The highest BCUT2D eigenvalue weighted by atomic mass is 16.3. The zero-order valence-electron chi connectivity index (χ0n) is 11.2. The Kier molecular flexibility index (Phi) is 4.72. The van der Waals surface area contributed by atoms with Gasteiger partial charge in [-0.05, 0) is 23.9 Å². The summed E-state index contributed by atoms with van der Waals surface area (Å²) in [5.41, 5.74) is 1.30. The van der Waals surface area contributed by atoms with Crippen molar-refractivity contribution in [2.75, 3.05) is 7.05 Å². The van der Waals surface area contributed by atoms with Gasteiger partial charge in [0.25, 0.3) is 5.91 Å². The largest absolute Gasteiger partial charge is 0.506 e. The third kappa shape index (κ3) is 2.45. The van der Waals surface area contributed by atoms with Crippen LogP contribution in [0.15, 0.2) is 30.3 Å². The smallest absolute Gasteiger partial charge is 0.254 e. The Labute approximate surface area is 107 Å². The van der Waals surface area contributed by atoms with Gasteiger partial charge in [-0.2, -0.15) is 0 Å². The van der Waals surface area contributed by atoms with Crippen LogP contribution in [0.25, 0.3) is 10.8 Å². The van der Waals surface area contributed by atoms with E-state index < -0.39 is 0 Å². The number of amides is 1. The van der Waals surface area contributed by atoms with Crippen LogP contribution in [0.5, 0.6) is 5.75 Å². The molecule has 1 amide bonds. The van der Waals surface area contributed by atoms with Gasteiger partial charge in [0.05, 0.1) is 5.56 Å². The molecule has 2 aromatic carbocycles. The predicted octanol–water partition coefficient (Wildman–Crippen LogP) is 3.24. The Hall–Kier alpha value is -2.03. The van der Waals surface area contributed by atoms with Gasteiger partial charge in [-0.3, -0.25) is 4.79 Å². The highest BCUT2D eigenvalue weighted by Crippen LogP contribution is 2.31. The van der Waals surface area contributed by atoms with Crippen molar-refractivity contribution in [2.24, 2.45) is 0 Å². The van der Waals surface area contributed by atoms with Gasteiger partial charge in [0.15, 0.2) is 0 Å². The quantitative estimate of drug-likeness (QED) is 0.810. The zero-order chi connectivity index (χ0) is 13.7. The van der Waals surface area contributed by atoms with Crippen LogP contribution in [-0.2, 0) is 0 Å². The van der Waals surface area contributed by atoms with Gasteiger partial charge >= 0.3 is 0 Å². The van der Waals surface area contributed by atoms with Crippen LogP contribution in [0.2, 0.25) is 0 Å². The summed E-state index contributed by atoms with van der Waals surface area (Å²) in [4.78, 5) is 11.6. The second-order valence-electron chi connectivity index (χ2n) is 3.71. The van der Waals surface area contributed by atoms with Gasteiger partial charge < -0.3 is 10.4 Å². The van der Waals surface area contributed by atoms with Gasteiger partial charge in [0, 0.05) is 12.4 Å². The van der Waals surface area contributed by atoms with E-state index in [9.17, 15) is 9.90 Å². The van der Waals surface area contributed by atoms with Crippen LogP contribution in [0, 0.1) is 6.92 Å². The minimum Gasteiger partial charge on any atom is -0.506 e. The molecule has 0 saturated heterocycles. The first-order valence-corrected chi connectivity index (χ1v) is 6.08. The van der Waals surface area contributed by atoms with E-state index in [2.05, 4.69) is 5.32 Å². The molecule has 0 unspecified atom stereocenters. The fraction of sp³-hybridized carbons (Fsp3) is 0.267. The third-order valence-corrected chi connectivity index (χ3v) is 2.69. The number of fused-ring (bicyclic) bond motifs is 1. The number of hydrogen-bond acceptors (Lipinski definition) is 2. The summed E-state index contributed by atoms with van der Waals surface area (Å²) < 4.78 is 0. The van der Waals surface area contributed by atoms with Gasteiger partial charge in [-0.25, -0.2) is 0 Å². The van der Waals surface area contributed by atoms with Crippen molar-refractivity contribution < 1.29 is 9.90 Å². The van der Waals surface area contributed by atoms with Crippen molar-refractivity contribution in [3.05, 3.63) is 41.5 Å². The summed E-state index contributed by atoms with van der Waals surface area (Å²) in [6, 6.07) is 9.20. The van der Waals surface area contributed by atoms with Crippen LogP contribution in [0.3, 0.4) is 0 Å². The summed E-state index contributed by atoms with van der Waals surface area (Å²) in [5, 5.41) is 14.2. The lowest BCUT2D eigenvalue weighted by Gasteiger charge is -2.09. The average Bonchev–Trinajstić information content (AvgIpc) is 2.44. The first kappa shape index (κ1) is 14.0. The lowest BCUT2D eigenvalue weighted by Crippen LogP contribution is -2.18. The molecular formula is C15H19NO2. The SMILES string of the molecule is CC.CNC(=O)c1cc(C)c2ccccc2c1O. The third-order valence-electron chi connectivity index (χ3n) is 2.69. The number of carbonyl (C=O) groups excluding carboxylic acids is 1. The van der Waals surface area contributed by atoms with Crippen molar-refractivity contribution in [1.29, 1.82) is 0 Å².